The molecule has 19 heavy (non-hydrogen) atoms. The van der Waals surface area contributed by atoms with Crippen LogP contribution in [-0.4, -0.2) is 36.4 Å². The molecule has 1 atom stereocenters. The number of aromatic carboxylic acids is 1. The molecule has 0 aromatic carbocycles. The van der Waals surface area contributed by atoms with E-state index in [4.69, 9.17) is 5.11 Å². The summed E-state index contributed by atoms with van der Waals surface area (Å²) < 4.78 is 26.7. The fourth-order valence-electron chi connectivity index (χ4n) is 2.34. The minimum Gasteiger partial charge on any atom is -0.477 e. The Hall–Kier alpha value is -0.920. The average Bonchev–Trinajstić information content (AvgIpc) is 2.72. The summed E-state index contributed by atoms with van der Waals surface area (Å²) in [6, 6.07) is 1.44. The third-order valence-corrected chi connectivity index (χ3v) is 7.08. The highest BCUT2D eigenvalue weighted by Gasteiger charge is 2.33. The lowest BCUT2D eigenvalue weighted by Gasteiger charge is -2.31. The van der Waals surface area contributed by atoms with Gasteiger partial charge in [0.25, 0.3) is 10.0 Å². The number of nitrogens with zero attached hydrogens (tertiary/aromatic N) is 1. The molecule has 0 saturated carbocycles. The molecule has 1 aliphatic rings. The van der Waals surface area contributed by atoms with E-state index >= 15 is 0 Å². The Morgan fingerprint density at radius 1 is 1.47 bits per heavy atom. The van der Waals surface area contributed by atoms with Gasteiger partial charge in [0.15, 0.2) is 0 Å². The van der Waals surface area contributed by atoms with Crippen molar-refractivity contribution in [2.24, 2.45) is 0 Å². The molecule has 0 aliphatic carbocycles. The van der Waals surface area contributed by atoms with Crippen molar-refractivity contribution in [3.63, 3.8) is 0 Å². The lowest BCUT2D eigenvalue weighted by Crippen LogP contribution is -2.41. The van der Waals surface area contributed by atoms with Crippen LogP contribution >= 0.6 is 11.3 Å². The number of rotatable bonds is 3. The topological polar surface area (TPSA) is 74.7 Å². The van der Waals surface area contributed by atoms with Crippen LogP contribution in [0.25, 0.3) is 0 Å². The van der Waals surface area contributed by atoms with Crippen molar-refractivity contribution < 1.29 is 18.3 Å². The third-order valence-electron chi connectivity index (χ3n) is 3.39. The fourth-order valence-corrected chi connectivity index (χ4v) is 5.54. The van der Waals surface area contributed by atoms with Gasteiger partial charge in [0.05, 0.1) is 0 Å². The largest absolute Gasteiger partial charge is 0.477 e. The summed E-state index contributed by atoms with van der Waals surface area (Å²) in [5.74, 6) is -1.07. The van der Waals surface area contributed by atoms with Crippen LogP contribution in [0.5, 0.6) is 0 Å². The van der Waals surface area contributed by atoms with Crippen molar-refractivity contribution in [3.05, 3.63) is 16.5 Å². The van der Waals surface area contributed by atoms with Crippen LogP contribution in [0.1, 0.15) is 41.4 Å². The van der Waals surface area contributed by atoms with Crippen LogP contribution in [0.2, 0.25) is 0 Å². The van der Waals surface area contributed by atoms with Gasteiger partial charge in [0.1, 0.15) is 9.09 Å². The number of carboxylic acid groups (broad SMARTS) is 1. The molecule has 1 aromatic rings. The van der Waals surface area contributed by atoms with Crippen LogP contribution in [0.3, 0.4) is 0 Å². The second-order valence-corrected chi connectivity index (χ2v) is 8.01. The molecule has 0 unspecified atom stereocenters. The zero-order valence-electron chi connectivity index (χ0n) is 10.9. The minimum atomic E-state index is -3.56. The molecule has 1 fully saturated rings. The van der Waals surface area contributed by atoms with Gasteiger partial charge in [-0.25, -0.2) is 13.2 Å². The smallest absolute Gasteiger partial charge is 0.346 e. The monoisotopic (exact) mass is 303 g/mol. The van der Waals surface area contributed by atoms with Gasteiger partial charge in [-0.2, -0.15) is 4.31 Å². The molecule has 7 heteroatoms. The molecule has 5 nitrogen and oxygen atoms in total. The summed E-state index contributed by atoms with van der Waals surface area (Å²) in [5.41, 5.74) is 0.501. The first-order valence-electron chi connectivity index (χ1n) is 6.19. The lowest BCUT2D eigenvalue weighted by molar-refractivity contribution is 0.0701. The number of piperidine rings is 1. The first kappa shape index (κ1) is 14.5. The van der Waals surface area contributed by atoms with Gasteiger partial charge >= 0.3 is 5.97 Å². The van der Waals surface area contributed by atoms with E-state index in [1.807, 2.05) is 6.92 Å². The molecule has 0 bridgehead atoms. The van der Waals surface area contributed by atoms with Crippen molar-refractivity contribution in [3.8, 4) is 0 Å². The maximum absolute atomic E-state index is 12.5. The van der Waals surface area contributed by atoms with E-state index in [0.717, 1.165) is 30.6 Å². The molecular weight excluding hydrogens is 286 g/mol. The molecule has 1 aromatic heterocycles. The first-order valence-corrected chi connectivity index (χ1v) is 8.45. The van der Waals surface area contributed by atoms with Gasteiger partial charge in [-0.15, -0.1) is 11.3 Å². The summed E-state index contributed by atoms with van der Waals surface area (Å²) >= 11 is 0.841. The van der Waals surface area contributed by atoms with Crippen molar-refractivity contribution in [2.45, 2.75) is 43.4 Å². The number of carboxylic acids is 1. The number of carbonyl (C=O) groups is 1. The molecule has 2 heterocycles. The Kier molecular flexibility index (Phi) is 3.98. The second kappa shape index (κ2) is 5.22. The molecule has 2 rings (SSSR count). The number of hydrogen-bond donors (Lipinski definition) is 1. The van der Waals surface area contributed by atoms with Crippen LogP contribution in [0, 0.1) is 6.92 Å². The van der Waals surface area contributed by atoms with E-state index < -0.39 is 16.0 Å². The van der Waals surface area contributed by atoms with Gasteiger partial charge in [0.2, 0.25) is 0 Å². The third kappa shape index (κ3) is 2.68. The number of hydrogen-bond acceptors (Lipinski definition) is 4. The molecule has 0 amide bonds. The Balaban J connectivity index is 2.39. The van der Waals surface area contributed by atoms with Crippen molar-refractivity contribution in [1.82, 2.24) is 4.31 Å². The van der Waals surface area contributed by atoms with Gasteiger partial charge in [0, 0.05) is 12.6 Å². The van der Waals surface area contributed by atoms with Gasteiger partial charge in [-0.05, 0) is 38.3 Å². The average molecular weight is 303 g/mol. The van der Waals surface area contributed by atoms with E-state index in [-0.39, 0.29) is 15.1 Å². The van der Waals surface area contributed by atoms with E-state index in [0.29, 0.717) is 12.1 Å². The van der Waals surface area contributed by atoms with Gasteiger partial charge < -0.3 is 5.11 Å². The highest BCUT2D eigenvalue weighted by atomic mass is 32.2. The Bertz CT molecular complexity index is 591. The van der Waals surface area contributed by atoms with Crippen LogP contribution in [-0.2, 0) is 10.0 Å². The molecule has 0 spiro atoms. The number of aryl methyl sites for hydroxylation is 1. The predicted molar refractivity (Wildman–Crippen MR) is 73.2 cm³/mol. The van der Waals surface area contributed by atoms with Gasteiger partial charge in [-0.3, -0.25) is 0 Å². The van der Waals surface area contributed by atoms with Crippen molar-refractivity contribution in [2.75, 3.05) is 6.54 Å². The zero-order chi connectivity index (χ0) is 14.2. The lowest BCUT2D eigenvalue weighted by atomic mass is 10.1. The molecule has 106 valence electrons. The van der Waals surface area contributed by atoms with Crippen LogP contribution < -0.4 is 0 Å². The maximum atomic E-state index is 12.5. The first-order chi connectivity index (χ1) is 8.84. The molecule has 1 saturated heterocycles. The number of sulfonamides is 1. The molecule has 0 radical (unpaired) electrons. The zero-order valence-corrected chi connectivity index (χ0v) is 12.6. The van der Waals surface area contributed by atoms with Crippen molar-refractivity contribution >= 4 is 27.3 Å². The van der Waals surface area contributed by atoms with E-state index in [2.05, 4.69) is 0 Å². The van der Waals surface area contributed by atoms with Crippen LogP contribution in [0.15, 0.2) is 10.3 Å². The van der Waals surface area contributed by atoms with Crippen molar-refractivity contribution in [1.29, 1.82) is 0 Å². The van der Waals surface area contributed by atoms with E-state index in [1.54, 1.807) is 6.92 Å². The highest BCUT2D eigenvalue weighted by molar-refractivity contribution is 7.91. The van der Waals surface area contributed by atoms with E-state index in [1.165, 1.54) is 10.4 Å². The molecular formula is C12H17NO4S2. The Morgan fingerprint density at radius 2 is 2.16 bits per heavy atom. The highest BCUT2D eigenvalue weighted by Crippen LogP contribution is 2.31. The standard InChI is InChI=1S/C12H17NO4S2/c1-8-7-10(18-11(8)12(14)15)19(16,17)13-6-4-3-5-9(13)2/h7,9H,3-6H2,1-2H3,(H,14,15)/t9-/m1/s1. The summed E-state index contributed by atoms with van der Waals surface area (Å²) in [7, 11) is -3.56. The summed E-state index contributed by atoms with van der Waals surface area (Å²) in [6.45, 7) is 4.04. The summed E-state index contributed by atoms with van der Waals surface area (Å²) in [4.78, 5) is 11.1. The molecule has 1 N–H and O–H groups in total. The summed E-state index contributed by atoms with van der Waals surface area (Å²) in [5, 5.41) is 9.01. The van der Waals surface area contributed by atoms with E-state index in [9.17, 15) is 13.2 Å². The second-order valence-electron chi connectivity index (χ2n) is 4.84. The summed E-state index contributed by atoms with van der Waals surface area (Å²) in [6.07, 6.45) is 2.76. The Morgan fingerprint density at radius 3 is 2.68 bits per heavy atom. The quantitative estimate of drug-likeness (QED) is 0.930. The Labute approximate surface area is 116 Å². The number of thiophene rings is 1. The van der Waals surface area contributed by atoms with Gasteiger partial charge in [-0.1, -0.05) is 6.42 Å². The predicted octanol–water partition coefficient (Wildman–Crippen LogP) is 2.32. The molecule has 1 aliphatic heterocycles. The fraction of sp³-hybridized carbons (Fsp3) is 0.583. The van der Waals surface area contributed by atoms with Crippen LogP contribution in [0.4, 0.5) is 0 Å². The normalized spacial score (nSPS) is 21.5. The SMILES string of the molecule is Cc1cc(S(=O)(=O)N2CCCC[C@H]2C)sc1C(=O)O. The maximum Gasteiger partial charge on any atom is 0.346 e. The minimum absolute atomic E-state index is 0.0190.